The lowest BCUT2D eigenvalue weighted by Gasteiger charge is -2.32. The van der Waals surface area contributed by atoms with Gasteiger partial charge in [0, 0.05) is 37.8 Å². The molecule has 0 spiro atoms. The van der Waals surface area contributed by atoms with Gasteiger partial charge < -0.3 is 4.90 Å². The van der Waals surface area contributed by atoms with Gasteiger partial charge in [-0.2, -0.15) is 0 Å². The van der Waals surface area contributed by atoms with Gasteiger partial charge >= 0.3 is 0 Å². The lowest BCUT2D eigenvalue weighted by molar-refractivity contribution is 0.0787. The van der Waals surface area contributed by atoms with Crippen molar-refractivity contribution in [3.8, 4) is 0 Å². The van der Waals surface area contributed by atoms with E-state index in [9.17, 15) is 13.6 Å². The molecule has 2 saturated heterocycles. The summed E-state index contributed by atoms with van der Waals surface area (Å²) in [6, 6.07) is 3.80. The van der Waals surface area contributed by atoms with Crippen molar-refractivity contribution in [2.45, 2.75) is 38.3 Å². The number of aromatic nitrogens is 3. The fourth-order valence-corrected chi connectivity index (χ4v) is 3.92. The second-order valence-electron chi connectivity index (χ2n) is 7.35. The summed E-state index contributed by atoms with van der Waals surface area (Å²) in [5.74, 6) is -1.14. The molecule has 1 amide bonds. The molecule has 2 aliphatic rings. The first-order valence-electron chi connectivity index (χ1n) is 9.47. The van der Waals surface area contributed by atoms with E-state index in [2.05, 4.69) is 15.2 Å². The zero-order valence-electron chi connectivity index (χ0n) is 15.2. The number of hydrogen-bond acceptors (Lipinski definition) is 4. The van der Waals surface area contributed by atoms with E-state index in [0.717, 1.165) is 51.4 Å². The molecular formula is C19H23F2N5O. The number of carbonyl (C=O) groups is 1. The van der Waals surface area contributed by atoms with Crippen LogP contribution in [0.1, 0.15) is 47.8 Å². The van der Waals surface area contributed by atoms with Crippen LogP contribution in [0.4, 0.5) is 8.78 Å². The van der Waals surface area contributed by atoms with Gasteiger partial charge in [-0.25, -0.2) is 13.5 Å². The van der Waals surface area contributed by atoms with Gasteiger partial charge in [0.1, 0.15) is 11.6 Å². The number of piperidine rings is 1. The maximum Gasteiger partial charge on any atom is 0.276 e. The van der Waals surface area contributed by atoms with Gasteiger partial charge in [0.25, 0.3) is 5.91 Å². The molecule has 144 valence electrons. The number of halogens is 2. The molecule has 2 aromatic rings. The molecule has 0 radical (unpaired) electrons. The number of amides is 1. The Morgan fingerprint density at radius 3 is 2.74 bits per heavy atom. The third-order valence-electron chi connectivity index (χ3n) is 5.39. The van der Waals surface area contributed by atoms with Crippen molar-refractivity contribution in [2.75, 3.05) is 26.2 Å². The highest BCUT2D eigenvalue weighted by Gasteiger charge is 2.26. The summed E-state index contributed by atoms with van der Waals surface area (Å²) < 4.78 is 28.8. The van der Waals surface area contributed by atoms with Crippen LogP contribution in [0.25, 0.3) is 0 Å². The Morgan fingerprint density at radius 2 is 1.96 bits per heavy atom. The van der Waals surface area contributed by atoms with Gasteiger partial charge in [0.15, 0.2) is 5.69 Å². The van der Waals surface area contributed by atoms with Crippen molar-refractivity contribution >= 4 is 5.91 Å². The van der Waals surface area contributed by atoms with Crippen LogP contribution in [-0.4, -0.2) is 56.9 Å². The van der Waals surface area contributed by atoms with E-state index in [1.54, 1.807) is 10.9 Å². The molecule has 2 aliphatic heterocycles. The van der Waals surface area contributed by atoms with Crippen LogP contribution in [0.2, 0.25) is 0 Å². The molecule has 27 heavy (non-hydrogen) atoms. The van der Waals surface area contributed by atoms with Crippen LogP contribution in [0.15, 0.2) is 24.4 Å². The first kappa shape index (κ1) is 18.0. The third kappa shape index (κ3) is 4.00. The van der Waals surface area contributed by atoms with E-state index in [4.69, 9.17) is 0 Å². The number of benzene rings is 1. The average molecular weight is 375 g/mol. The SMILES string of the molecule is O=C(c1cn([C@H]2CCCN(Cc3ccc(F)cc3F)C2)nn1)N1CCCC1. The minimum atomic E-state index is -0.564. The molecule has 0 saturated carbocycles. The monoisotopic (exact) mass is 375 g/mol. The number of likely N-dealkylation sites (tertiary alicyclic amines) is 2. The molecule has 0 N–H and O–H groups in total. The summed E-state index contributed by atoms with van der Waals surface area (Å²) in [6.45, 7) is 3.54. The van der Waals surface area contributed by atoms with E-state index < -0.39 is 11.6 Å². The normalized spacial score (nSPS) is 21.0. The zero-order chi connectivity index (χ0) is 18.8. The summed E-state index contributed by atoms with van der Waals surface area (Å²) >= 11 is 0. The van der Waals surface area contributed by atoms with Crippen molar-refractivity contribution < 1.29 is 13.6 Å². The molecule has 3 heterocycles. The number of carbonyl (C=O) groups excluding carboxylic acids is 1. The van der Waals surface area contributed by atoms with Gasteiger partial charge in [0.2, 0.25) is 0 Å². The van der Waals surface area contributed by atoms with Gasteiger partial charge in [-0.05, 0) is 38.3 Å². The van der Waals surface area contributed by atoms with Crippen molar-refractivity contribution in [3.63, 3.8) is 0 Å². The second-order valence-corrected chi connectivity index (χ2v) is 7.35. The standard InChI is InChI=1S/C19H23F2N5O/c20-15-6-5-14(17(21)10-15)11-24-7-3-4-16(12-24)26-13-18(22-23-26)19(27)25-8-1-2-9-25/h5-6,10,13,16H,1-4,7-9,11-12H2/t16-/m0/s1. The molecule has 1 aromatic carbocycles. The number of rotatable bonds is 4. The van der Waals surface area contributed by atoms with Crippen LogP contribution < -0.4 is 0 Å². The van der Waals surface area contributed by atoms with Crippen LogP contribution >= 0.6 is 0 Å². The van der Waals surface area contributed by atoms with E-state index in [-0.39, 0.29) is 11.9 Å². The fraction of sp³-hybridized carbons (Fsp3) is 0.526. The predicted molar refractivity (Wildman–Crippen MR) is 95.1 cm³/mol. The molecule has 0 aliphatic carbocycles. The van der Waals surface area contributed by atoms with Crippen molar-refractivity contribution in [3.05, 3.63) is 47.3 Å². The van der Waals surface area contributed by atoms with Crippen LogP contribution in [0.5, 0.6) is 0 Å². The fourth-order valence-electron chi connectivity index (χ4n) is 3.92. The maximum absolute atomic E-state index is 13.9. The van der Waals surface area contributed by atoms with Crippen LogP contribution in [-0.2, 0) is 6.54 Å². The minimum absolute atomic E-state index is 0.0557. The Bertz CT molecular complexity index is 818. The molecule has 2 fully saturated rings. The van der Waals surface area contributed by atoms with E-state index in [0.29, 0.717) is 24.3 Å². The second kappa shape index (κ2) is 7.72. The summed E-state index contributed by atoms with van der Waals surface area (Å²) in [7, 11) is 0. The highest BCUT2D eigenvalue weighted by Crippen LogP contribution is 2.23. The summed E-state index contributed by atoms with van der Waals surface area (Å²) in [5, 5.41) is 8.24. The van der Waals surface area contributed by atoms with Crippen LogP contribution in [0, 0.1) is 11.6 Å². The molecule has 4 rings (SSSR count). The van der Waals surface area contributed by atoms with Gasteiger partial charge in [-0.3, -0.25) is 9.69 Å². The summed E-state index contributed by atoms with van der Waals surface area (Å²) in [5.41, 5.74) is 0.874. The molecule has 1 atom stereocenters. The number of nitrogens with zero attached hydrogens (tertiary/aromatic N) is 5. The largest absolute Gasteiger partial charge is 0.337 e. The van der Waals surface area contributed by atoms with Gasteiger partial charge in [0.05, 0.1) is 12.2 Å². The lowest BCUT2D eigenvalue weighted by atomic mass is 10.0. The molecular weight excluding hydrogens is 352 g/mol. The number of hydrogen-bond donors (Lipinski definition) is 0. The molecule has 8 heteroatoms. The lowest BCUT2D eigenvalue weighted by Crippen LogP contribution is -2.36. The molecule has 1 aromatic heterocycles. The van der Waals surface area contributed by atoms with Crippen molar-refractivity contribution in [1.82, 2.24) is 24.8 Å². The van der Waals surface area contributed by atoms with E-state index >= 15 is 0 Å². The van der Waals surface area contributed by atoms with E-state index in [1.807, 2.05) is 4.90 Å². The Kier molecular flexibility index (Phi) is 5.15. The summed E-state index contributed by atoms with van der Waals surface area (Å²) in [4.78, 5) is 16.4. The molecule has 6 nitrogen and oxygen atoms in total. The van der Waals surface area contributed by atoms with Gasteiger partial charge in [-0.1, -0.05) is 11.3 Å². The molecule has 0 bridgehead atoms. The van der Waals surface area contributed by atoms with E-state index in [1.165, 1.54) is 12.1 Å². The minimum Gasteiger partial charge on any atom is -0.337 e. The average Bonchev–Trinajstić information content (AvgIpc) is 3.36. The first-order chi connectivity index (χ1) is 13.1. The Balaban J connectivity index is 1.41. The van der Waals surface area contributed by atoms with Crippen molar-refractivity contribution in [2.24, 2.45) is 0 Å². The smallest absolute Gasteiger partial charge is 0.276 e. The topological polar surface area (TPSA) is 54.3 Å². The Hall–Kier alpha value is -2.35. The Morgan fingerprint density at radius 1 is 1.15 bits per heavy atom. The van der Waals surface area contributed by atoms with Gasteiger partial charge in [-0.15, -0.1) is 5.10 Å². The highest BCUT2D eigenvalue weighted by molar-refractivity contribution is 5.92. The maximum atomic E-state index is 13.9. The zero-order valence-corrected chi connectivity index (χ0v) is 15.2. The van der Waals surface area contributed by atoms with Crippen molar-refractivity contribution in [1.29, 1.82) is 0 Å². The molecule has 0 unspecified atom stereocenters. The predicted octanol–water partition coefficient (Wildman–Crippen LogP) is 2.63. The first-order valence-corrected chi connectivity index (χ1v) is 9.47. The third-order valence-corrected chi connectivity index (χ3v) is 5.39. The highest BCUT2D eigenvalue weighted by atomic mass is 19.1. The van der Waals surface area contributed by atoms with Crippen LogP contribution in [0.3, 0.4) is 0 Å². The quantitative estimate of drug-likeness (QED) is 0.824. The summed E-state index contributed by atoms with van der Waals surface area (Å²) in [6.07, 6.45) is 5.69. The Labute approximate surface area is 156 Å².